The summed E-state index contributed by atoms with van der Waals surface area (Å²) in [4.78, 5) is 39.5. The SMILES string of the molecule is O=C(COC(=O)c1n[nH]c2ccccc12)Nc1sc2c(c1C(=O)c1ccccc1)CCCC2. The van der Waals surface area contributed by atoms with E-state index in [0.717, 1.165) is 36.1 Å². The summed E-state index contributed by atoms with van der Waals surface area (Å²) in [6.45, 7) is -0.471. The van der Waals surface area contributed by atoms with Crippen molar-refractivity contribution in [3.05, 3.63) is 81.9 Å². The number of thiophene rings is 1. The van der Waals surface area contributed by atoms with Gasteiger partial charge >= 0.3 is 5.97 Å². The van der Waals surface area contributed by atoms with Gasteiger partial charge in [-0.05, 0) is 37.3 Å². The Balaban J connectivity index is 1.33. The Morgan fingerprint density at radius 3 is 2.61 bits per heavy atom. The lowest BCUT2D eigenvalue weighted by Gasteiger charge is -2.12. The number of benzene rings is 2. The summed E-state index contributed by atoms with van der Waals surface area (Å²) in [6, 6.07) is 16.2. The maximum absolute atomic E-state index is 13.3. The van der Waals surface area contributed by atoms with E-state index in [1.165, 1.54) is 11.3 Å². The zero-order valence-corrected chi connectivity index (χ0v) is 18.5. The van der Waals surface area contributed by atoms with Crippen molar-refractivity contribution in [2.45, 2.75) is 25.7 Å². The maximum Gasteiger partial charge on any atom is 0.359 e. The third-order valence-electron chi connectivity index (χ3n) is 5.69. The Morgan fingerprint density at radius 2 is 1.76 bits per heavy atom. The minimum Gasteiger partial charge on any atom is -0.451 e. The molecule has 2 aromatic carbocycles. The molecule has 2 heterocycles. The number of amides is 1. The molecule has 7 nitrogen and oxygen atoms in total. The van der Waals surface area contributed by atoms with Crippen LogP contribution in [0.15, 0.2) is 54.6 Å². The smallest absolute Gasteiger partial charge is 0.359 e. The van der Waals surface area contributed by atoms with Gasteiger partial charge in [0.05, 0.1) is 11.1 Å². The number of aromatic nitrogens is 2. The van der Waals surface area contributed by atoms with Gasteiger partial charge < -0.3 is 10.1 Å². The molecule has 0 bridgehead atoms. The molecule has 0 saturated heterocycles. The molecular weight excluding hydrogens is 438 g/mol. The fourth-order valence-corrected chi connectivity index (χ4v) is 5.41. The highest BCUT2D eigenvalue weighted by molar-refractivity contribution is 7.17. The number of anilines is 1. The molecule has 5 rings (SSSR count). The van der Waals surface area contributed by atoms with Crippen molar-refractivity contribution in [2.75, 3.05) is 11.9 Å². The summed E-state index contributed by atoms with van der Waals surface area (Å²) in [5.41, 5.74) is 3.00. The molecule has 0 atom stereocenters. The van der Waals surface area contributed by atoms with Crippen molar-refractivity contribution in [3.8, 4) is 0 Å². The molecule has 0 aliphatic heterocycles. The van der Waals surface area contributed by atoms with E-state index in [-0.39, 0.29) is 11.5 Å². The highest BCUT2D eigenvalue weighted by Gasteiger charge is 2.27. The van der Waals surface area contributed by atoms with Crippen molar-refractivity contribution >= 4 is 44.9 Å². The molecule has 2 N–H and O–H groups in total. The average molecular weight is 460 g/mol. The first kappa shape index (κ1) is 21.1. The number of nitrogens with one attached hydrogen (secondary N) is 2. The van der Waals surface area contributed by atoms with Gasteiger partial charge in [0.25, 0.3) is 5.91 Å². The summed E-state index contributed by atoms with van der Waals surface area (Å²) in [5, 5.41) is 10.7. The Hall–Kier alpha value is -3.78. The van der Waals surface area contributed by atoms with Crippen molar-refractivity contribution < 1.29 is 19.1 Å². The molecule has 0 unspecified atom stereocenters. The van der Waals surface area contributed by atoms with Gasteiger partial charge in [-0.1, -0.05) is 48.5 Å². The van der Waals surface area contributed by atoms with Crippen molar-refractivity contribution in [2.24, 2.45) is 0 Å². The van der Waals surface area contributed by atoms with Gasteiger partial charge in [0, 0.05) is 15.8 Å². The quantitative estimate of drug-likeness (QED) is 0.326. The van der Waals surface area contributed by atoms with Crippen LogP contribution in [0.3, 0.4) is 0 Å². The van der Waals surface area contributed by atoms with E-state index in [4.69, 9.17) is 4.74 Å². The van der Waals surface area contributed by atoms with Crippen LogP contribution in [0.1, 0.15) is 49.7 Å². The largest absolute Gasteiger partial charge is 0.451 e. The lowest BCUT2D eigenvalue weighted by Crippen LogP contribution is -2.22. The van der Waals surface area contributed by atoms with Crippen LogP contribution in [0.4, 0.5) is 5.00 Å². The third-order valence-corrected chi connectivity index (χ3v) is 6.89. The van der Waals surface area contributed by atoms with E-state index in [2.05, 4.69) is 15.5 Å². The van der Waals surface area contributed by atoms with Crippen LogP contribution in [0.2, 0.25) is 0 Å². The highest BCUT2D eigenvalue weighted by atomic mass is 32.1. The summed E-state index contributed by atoms with van der Waals surface area (Å²) in [5.74, 6) is -1.29. The minimum absolute atomic E-state index is 0.106. The van der Waals surface area contributed by atoms with Crippen LogP contribution in [0.5, 0.6) is 0 Å². The molecule has 0 spiro atoms. The molecule has 4 aromatic rings. The molecule has 0 saturated carbocycles. The number of aryl methyl sites for hydroxylation is 1. The van der Waals surface area contributed by atoms with Crippen LogP contribution in [-0.4, -0.2) is 34.5 Å². The highest BCUT2D eigenvalue weighted by Crippen LogP contribution is 2.39. The second-order valence-electron chi connectivity index (χ2n) is 7.85. The predicted octanol–water partition coefficient (Wildman–Crippen LogP) is 4.53. The predicted molar refractivity (Wildman–Crippen MR) is 126 cm³/mol. The van der Waals surface area contributed by atoms with Crippen molar-refractivity contribution in [1.29, 1.82) is 0 Å². The lowest BCUT2D eigenvalue weighted by molar-refractivity contribution is -0.119. The van der Waals surface area contributed by atoms with Crippen LogP contribution < -0.4 is 5.32 Å². The third kappa shape index (κ3) is 4.17. The maximum atomic E-state index is 13.3. The van der Waals surface area contributed by atoms with Crippen LogP contribution in [0.25, 0.3) is 10.9 Å². The van der Waals surface area contributed by atoms with Crippen LogP contribution in [-0.2, 0) is 22.4 Å². The Bertz CT molecular complexity index is 1360. The Morgan fingerprint density at radius 1 is 1.00 bits per heavy atom. The average Bonchev–Trinajstić information content (AvgIpc) is 3.44. The first-order valence-electron chi connectivity index (χ1n) is 10.8. The van der Waals surface area contributed by atoms with Gasteiger partial charge in [-0.2, -0.15) is 5.10 Å². The van der Waals surface area contributed by atoms with E-state index < -0.39 is 18.5 Å². The number of fused-ring (bicyclic) bond motifs is 2. The number of nitrogens with zero attached hydrogens (tertiary/aromatic N) is 1. The number of esters is 1. The number of rotatable bonds is 6. The van der Waals surface area contributed by atoms with E-state index >= 15 is 0 Å². The molecule has 166 valence electrons. The van der Waals surface area contributed by atoms with Gasteiger partial charge in [0.1, 0.15) is 5.00 Å². The number of aromatic amines is 1. The monoisotopic (exact) mass is 459 g/mol. The van der Waals surface area contributed by atoms with Gasteiger partial charge in [-0.25, -0.2) is 4.79 Å². The lowest BCUT2D eigenvalue weighted by atomic mass is 9.92. The molecule has 33 heavy (non-hydrogen) atoms. The minimum atomic E-state index is -0.686. The summed E-state index contributed by atoms with van der Waals surface area (Å²) in [7, 11) is 0. The second kappa shape index (κ2) is 8.99. The topological polar surface area (TPSA) is 101 Å². The normalized spacial score (nSPS) is 12.8. The first-order chi connectivity index (χ1) is 16.1. The van der Waals surface area contributed by atoms with Crippen molar-refractivity contribution in [3.63, 3.8) is 0 Å². The molecule has 0 fully saturated rings. The summed E-state index contributed by atoms with van der Waals surface area (Å²) in [6.07, 6.45) is 3.79. The molecule has 8 heteroatoms. The number of hydrogen-bond acceptors (Lipinski definition) is 6. The summed E-state index contributed by atoms with van der Waals surface area (Å²) < 4.78 is 5.20. The number of hydrogen-bond donors (Lipinski definition) is 2. The number of para-hydroxylation sites is 1. The summed E-state index contributed by atoms with van der Waals surface area (Å²) >= 11 is 1.44. The standard InChI is InChI=1S/C25H21N3O4S/c29-20(14-32-25(31)22-16-10-4-6-12-18(16)27-28-22)26-24-21(17-11-5-7-13-19(17)33-24)23(30)15-8-2-1-3-9-15/h1-4,6,8-10,12H,5,7,11,13-14H2,(H,26,29)(H,27,28). The Labute approximate surface area is 193 Å². The zero-order chi connectivity index (χ0) is 22.8. The van der Waals surface area contributed by atoms with E-state index in [1.807, 2.05) is 24.3 Å². The van der Waals surface area contributed by atoms with Crippen LogP contribution >= 0.6 is 11.3 Å². The van der Waals surface area contributed by atoms with Crippen LogP contribution in [0, 0.1) is 0 Å². The van der Waals surface area contributed by atoms with Gasteiger partial charge in [0.2, 0.25) is 0 Å². The molecule has 2 aromatic heterocycles. The number of carbonyl (C=O) groups is 3. The second-order valence-corrected chi connectivity index (χ2v) is 8.96. The molecule has 0 radical (unpaired) electrons. The van der Waals surface area contributed by atoms with E-state index in [0.29, 0.717) is 27.0 Å². The number of ketones is 1. The van der Waals surface area contributed by atoms with E-state index in [9.17, 15) is 14.4 Å². The molecule has 1 aliphatic rings. The molecule has 1 aliphatic carbocycles. The molecule has 1 amide bonds. The fraction of sp³-hybridized carbons (Fsp3) is 0.200. The van der Waals surface area contributed by atoms with Gasteiger partial charge in [-0.15, -0.1) is 11.3 Å². The molecular formula is C25H21N3O4S. The number of carbonyl (C=O) groups excluding carboxylic acids is 3. The van der Waals surface area contributed by atoms with Gasteiger partial charge in [0.15, 0.2) is 18.1 Å². The number of ether oxygens (including phenoxy) is 1. The van der Waals surface area contributed by atoms with Gasteiger partial charge in [-0.3, -0.25) is 14.7 Å². The fourth-order valence-electron chi connectivity index (χ4n) is 4.11. The van der Waals surface area contributed by atoms with E-state index in [1.54, 1.807) is 30.3 Å². The van der Waals surface area contributed by atoms with Crippen molar-refractivity contribution in [1.82, 2.24) is 10.2 Å². The number of H-pyrrole nitrogens is 1. The Kier molecular flexibility index (Phi) is 5.75. The first-order valence-corrected chi connectivity index (χ1v) is 11.6. The zero-order valence-electron chi connectivity index (χ0n) is 17.7.